The van der Waals surface area contributed by atoms with Crippen molar-refractivity contribution in [1.29, 1.82) is 0 Å². The Morgan fingerprint density at radius 2 is 1.36 bits per heavy atom. The first-order valence-electron chi connectivity index (χ1n) is 8.29. The van der Waals surface area contributed by atoms with Gasteiger partial charge in [0.2, 0.25) is 0 Å². The summed E-state index contributed by atoms with van der Waals surface area (Å²) in [4.78, 5) is 23.8. The molecule has 0 N–H and O–H groups in total. The van der Waals surface area contributed by atoms with Gasteiger partial charge in [0, 0.05) is 6.42 Å². The summed E-state index contributed by atoms with van der Waals surface area (Å²) in [7, 11) is 0. The van der Waals surface area contributed by atoms with Gasteiger partial charge in [-0.25, -0.2) is 14.0 Å². The minimum atomic E-state index is -0.465. The first-order valence-corrected chi connectivity index (χ1v) is 8.29. The molecule has 0 unspecified atom stereocenters. The minimum Gasteiger partial charge on any atom is -0.462 e. The lowest BCUT2D eigenvalue weighted by molar-refractivity contribution is 0.0489. The second-order valence-electron chi connectivity index (χ2n) is 5.58. The third-order valence-electron chi connectivity index (χ3n) is 3.62. The minimum absolute atomic E-state index is 0.200. The Morgan fingerprint density at radius 3 is 1.88 bits per heavy atom. The molecular weight excluding hydrogens is 323 g/mol. The van der Waals surface area contributed by atoms with Crippen LogP contribution in [0.25, 0.3) is 0 Å². The molecule has 5 heteroatoms. The van der Waals surface area contributed by atoms with Crippen molar-refractivity contribution in [3.63, 3.8) is 0 Å². The van der Waals surface area contributed by atoms with E-state index in [1.165, 1.54) is 24.3 Å². The van der Waals surface area contributed by atoms with E-state index >= 15 is 0 Å². The average molecular weight is 344 g/mol. The smallest absolute Gasteiger partial charge is 0.338 e. The van der Waals surface area contributed by atoms with Gasteiger partial charge in [-0.2, -0.15) is 0 Å². The fraction of sp³-hybridized carbons (Fsp3) is 0.300. The second kappa shape index (κ2) is 9.57. The van der Waals surface area contributed by atoms with Gasteiger partial charge in [-0.05, 0) is 48.4 Å². The summed E-state index contributed by atoms with van der Waals surface area (Å²) < 4.78 is 23.1. The Kier molecular flexibility index (Phi) is 7.14. The molecule has 0 radical (unpaired) electrons. The predicted molar refractivity (Wildman–Crippen MR) is 92.0 cm³/mol. The van der Waals surface area contributed by atoms with Crippen molar-refractivity contribution in [2.45, 2.75) is 26.2 Å². The molecule has 0 heterocycles. The Labute approximate surface area is 146 Å². The number of hydrogen-bond donors (Lipinski definition) is 0. The SMILES string of the molecule is CCCCOC(=O)c1ccc(C(=O)OCCc2ccc(F)cc2)cc1. The van der Waals surface area contributed by atoms with E-state index in [4.69, 9.17) is 9.47 Å². The van der Waals surface area contributed by atoms with E-state index in [0.29, 0.717) is 24.2 Å². The van der Waals surface area contributed by atoms with Crippen molar-refractivity contribution in [3.8, 4) is 0 Å². The molecule has 0 atom stereocenters. The summed E-state index contributed by atoms with van der Waals surface area (Å²) >= 11 is 0. The lowest BCUT2D eigenvalue weighted by Crippen LogP contribution is -2.10. The van der Waals surface area contributed by atoms with Crippen LogP contribution in [0.1, 0.15) is 46.0 Å². The maximum absolute atomic E-state index is 12.8. The van der Waals surface area contributed by atoms with Crippen molar-refractivity contribution in [1.82, 2.24) is 0 Å². The van der Waals surface area contributed by atoms with Gasteiger partial charge < -0.3 is 9.47 Å². The van der Waals surface area contributed by atoms with Gasteiger partial charge in [-0.1, -0.05) is 25.5 Å². The van der Waals surface area contributed by atoms with Crippen LogP contribution in [0.4, 0.5) is 4.39 Å². The predicted octanol–water partition coefficient (Wildman–Crippen LogP) is 4.18. The van der Waals surface area contributed by atoms with Crippen LogP contribution in [-0.4, -0.2) is 25.2 Å². The van der Waals surface area contributed by atoms with Crippen molar-refractivity contribution in [2.75, 3.05) is 13.2 Å². The Hall–Kier alpha value is -2.69. The quantitative estimate of drug-likeness (QED) is 0.532. The molecule has 0 fully saturated rings. The highest BCUT2D eigenvalue weighted by molar-refractivity contribution is 5.93. The maximum atomic E-state index is 12.8. The molecule has 2 aromatic rings. The van der Waals surface area contributed by atoms with Crippen LogP contribution >= 0.6 is 0 Å². The summed E-state index contributed by atoms with van der Waals surface area (Å²) in [5.74, 6) is -1.16. The summed E-state index contributed by atoms with van der Waals surface area (Å²) in [5, 5.41) is 0. The van der Waals surface area contributed by atoms with E-state index in [9.17, 15) is 14.0 Å². The molecule has 0 saturated carbocycles. The van der Waals surface area contributed by atoms with Crippen molar-refractivity contribution < 1.29 is 23.5 Å². The van der Waals surface area contributed by atoms with Gasteiger partial charge >= 0.3 is 11.9 Å². The first-order chi connectivity index (χ1) is 12.1. The van der Waals surface area contributed by atoms with Crippen LogP contribution in [0.2, 0.25) is 0 Å². The molecule has 0 saturated heterocycles. The van der Waals surface area contributed by atoms with Crippen LogP contribution < -0.4 is 0 Å². The number of unbranched alkanes of at least 4 members (excludes halogenated alkanes) is 1. The zero-order valence-electron chi connectivity index (χ0n) is 14.2. The number of benzene rings is 2. The molecule has 0 aliphatic heterocycles. The largest absolute Gasteiger partial charge is 0.462 e. The second-order valence-corrected chi connectivity index (χ2v) is 5.58. The summed E-state index contributed by atoms with van der Waals surface area (Å²) in [6.45, 7) is 2.61. The van der Waals surface area contributed by atoms with Crippen LogP contribution in [0.3, 0.4) is 0 Å². The number of hydrogen-bond acceptors (Lipinski definition) is 4. The molecular formula is C20H21FO4. The molecule has 0 aliphatic carbocycles. The molecule has 25 heavy (non-hydrogen) atoms. The van der Waals surface area contributed by atoms with Crippen LogP contribution in [-0.2, 0) is 15.9 Å². The van der Waals surface area contributed by atoms with Gasteiger partial charge in [0.05, 0.1) is 24.3 Å². The fourth-order valence-corrected chi connectivity index (χ4v) is 2.13. The molecule has 0 aliphatic rings. The van der Waals surface area contributed by atoms with Gasteiger partial charge in [-0.3, -0.25) is 0 Å². The number of carbonyl (C=O) groups excluding carboxylic acids is 2. The van der Waals surface area contributed by atoms with E-state index in [1.807, 2.05) is 6.92 Å². The Morgan fingerprint density at radius 1 is 0.840 bits per heavy atom. The number of ether oxygens (including phenoxy) is 2. The van der Waals surface area contributed by atoms with E-state index in [0.717, 1.165) is 18.4 Å². The van der Waals surface area contributed by atoms with Crippen molar-refractivity contribution in [2.24, 2.45) is 0 Å². The molecule has 0 aromatic heterocycles. The molecule has 132 valence electrons. The van der Waals surface area contributed by atoms with Gasteiger partial charge in [0.15, 0.2) is 0 Å². The van der Waals surface area contributed by atoms with Gasteiger partial charge in [0.1, 0.15) is 5.82 Å². The number of carbonyl (C=O) groups is 2. The van der Waals surface area contributed by atoms with Gasteiger partial charge in [-0.15, -0.1) is 0 Å². The highest BCUT2D eigenvalue weighted by Gasteiger charge is 2.11. The number of rotatable bonds is 8. The molecule has 0 spiro atoms. The molecule has 2 rings (SSSR count). The number of esters is 2. The monoisotopic (exact) mass is 344 g/mol. The third kappa shape index (κ3) is 6.03. The summed E-state index contributed by atoms with van der Waals surface area (Å²) in [6, 6.07) is 12.2. The molecule has 0 amide bonds. The summed E-state index contributed by atoms with van der Waals surface area (Å²) in [5.41, 5.74) is 1.66. The highest BCUT2D eigenvalue weighted by Crippen LogP contribution is 2.09. The lowest BCUT2D eigenvalue weighted by Gasteiger charge is -2.07. The van der Waals surface area contributed by atoms with Gasteiger partial charge in [0.25, 0.3) is 0 Å². The normalized spacial score (nSPS) is 10.3. The topological polar surface area (TPSA) is 52.6 Å². The van der Waals surface area contributed by atoms with Crippen molar-refractivity contribution in [3.05, 3.63) is 71.0 Å². The fourth-order valence-electron chi connectivity index (χ4n) is 2.13. The summed E-state index contributed by atoms with van der Waals surface area (Å²) in [6.07, 6.45) is 2.29. The zero-order chi connectivity index (χ0) is 18.1. The van der Waals surface area contributed by atoms with E-state index in [2.05, 4.69) is 0 Å². The molecule has 4 nitrogen and oxygen atoms in total. The zero-order valence-corrected chi connectivity index (χ0v) is 14.2. The Balaban J connectivity index is 1.81. The molecule has 2 aromatic carbocycles. The first kappa shape index (κ1) is 18.6. The van der Waals surface area contributed by atoms with Crippen LogP contribution in [0.15, 0.2) is 48.5 Å². The standard InChI is InChI=1S/C20H21FO4/c1-2-3-13-24-19(22)16-6-8-17(9-7-16)20(23)25-14-12-15-4-10-18(21)11-5-15/h4-11H,2-3,12-14H2,1H3. The average Bonchev–Trinajstić information content (AvgIpc) is 2.63. The maximum Gasteiger partial charge on any atom is 0.338 e. The van der Waals surface area contributed by atoms with Crippen LogP contribution in [0.5, 0.6) is 0 Å². The third-order valence-corrected chi connectivity index (χ3v) is 3.62. The van der Waals surface area contributed by atoms with E-state index in [-0.39, 0.29) is 12.4 Å². The highest BCUT2D eigenvalue weighted by atomic mass is 19.1. The molecule has 0 bridgehead atoms. The number of halogens is 1. The van der Waals surface area contributed by atoms with E-state index < -0.39 is 11.9 Å². The van der Waals surface area contributed by atoms with Crippen molar-refractivity contribution >= 4 is 11.9 Å². The lowest BCUT2D eigenvalue weighted by atomic mass is 10.1. The van der Waals surface area contributed by atoms with Crippen LogP contribution in [0, 0.1) is 5.82 Å². The Bertz CT molecular complexity index is 693. The van der Waals surface area contributed by atoms with E-state index in [1.54, 1.807) is 24.3 Å².